The van der Waals surface area contributed by atoms with Gasteiger partial charge in [-0.3, -0.25) is 4.79 Å². The molecule has 0 aliphatic carbocycles. The number of hydrogen-bond acceptors (Lipinski definition) is 5. The number of terminal acetylenes is 1. The zero-order valence-corrected chi connectivity index (χ0v) is 14.6. The van der Waals surface area contributed by atoms with Crippen molar-refractivity contribution < 1.29 is 14.4 Å². The van der Waals surface area contributed by atoms with Gasteiger partial charge >= 0.3 is 5.97 Å². The normalized spacial score (nSPS) is 10.8. The molecule has 0 saturated heterocycles. The van der Waals surface area contributed by atoms with Gasteiger partial charge in [-0.15, -0.1) is 12.3 Å². The van der Waals surface area contributed by atoms with E-state index in [9.17, 15) is 9.59 Å². The minimum atomic E-state index is -0.583. The topological polar surface area (TPSA) is 55.7 Å². The molecule has 0 fully saturated rings. The summed E-state index contributed by atoms with van der Waals surface area (Å²) in [6.07, 6.45) is 5.83. The van der Waals surface area contributed by atoms with Crippen LogP contribution in [0.15, 0.2) is 69.5 Å². The summed E-state index contributed by atoms with van der Waals surface area (Å²) >= 11 is 1.61. The first-order valence-corrected chi connectivity index (χ1v) is 8.47. The molecule has 0 radical (unpaired) electrons. The van der Waals surface area contributed by atoms with E-state index in [1.54, 1.807) is 23.9 Å². The van der Waals surface area contributed by atoms with Crippen LogP contribution in [-0.4, -0.2) is 17.5 Å². The molecule has 0 aliphatic heterocycles. The maximum absolute atomic E-state index is 12.5. The van der Waals surface area contributed by atoms with Crippen molar-refractivity contribution in [1.29, 1.82) is 0 Å². The molecular formula is C20H17NO3S. The van der Waals surface area contributed by atoms with Gasteiger partial charge < -0.3 is 4.84 Å². The third kappa shape index (κ3) is 5.94. The molecule has 2 aromatic carbocycles. The molecule has 0 heterocycles. The Bertz CT molecular complexity index is 805. The van der Waals surface area contributed by atoms with Crippen LogP contribution in [0.1, 0.15) is 30.1 Å². The summed E-state index contributed by atoms with van der Waals surface area (Å²) in [6, 6.07) is 17.2. The van der Waals surface area contributed by atoms with Crippen LogP contribution in [0.5, 0.6) is 0 Å². The fraction of sp³-hybridized carbons (Fsp3) is 0.150. The fourth-order valence-corrected chi connectivity index (χ4v) is 2.81. The van der Waals surface area contributed by atoms with Crippen LogP contribution in [0.4, 0.5) is 0 Å². The molecule has 4 nitrogen and oxygen atoms in total. The molecule has 0 aromatic heterocycles. The average Bonchev–Trinajstić information content (AvgIpc) is 2.62. The maximum atomic E-state index is 12.5. The highest BCUT2D eigenvalue weighted by Crippen LogP contribution is 2.27. The first-order valence-electron chi connectivity index (χ1n) is 7.65. The monoisotopic (exact) mass is 351 g/mol. The number of ketones is 1. The third-order valence-electron chi connectivity index (χ3n) is 3.15. The lowest BCUT2D eigenvalue weighted by molar-refractivity contribution is -0.140. The minimum Gasteiger partial charge on any atom is -0.318 e. The highest BCUT2D eigenvalue weighted by atomic mass is 32.2. The molecule has 0 spiro atoms. The van der Waals surface area contributed by atoms with Gasteiger partial charge in [0.2, 0.25) is 5.78 Å². The van der Waals surface area contributed by atoms with Crippen molar-refractivity contribution >= 4 is 29.2 Å². The van der Waals surface area contributed by atoms with Gasteiger partial charge in [0.25, 0.3) is 0 Å². The summed E-state index contributed by atoms with van der Waals surface area (Å²) in [5.74, 6) is 1.57. The van der Waals surface area contributed by atoms with Gasteiger partial charge in [-0.1, -0.05) is 35.1 Å². The number of carbonyl (C=O) groups excluding carboxylic acids is 2. The molecule has 126 valence electrons. The van der Waals surface area contributed by atoms with Gasteiger partial charge in [-0.2, -0.15) is 0 Å². The van der Waals surface area contributed by atoms with Gasteiger partial charge in [-0.25, -0.2) is 4.79 Å². The predicted octanol–water partition coefficient (Wildman–Crippen LogP) is 4.35. The summed E-state index contributed by atoms with van der Waals surface area (Å²) in [5, 5.41) is 3.64. The molecule has 0 saturated carbocycles. The van der Waals surface area contributed by atoms with E-state index in [1.807, 2.05) is 42.5 Å². The molecule has 0 bridgehead atoms. The quantitative estimate of drug-likeness (QED) is 0.245. The van der Waals surface area contributed by atoms with E-state index in [4.69, 9.17) is 6.42 Å². The summed E-state index contributed by atoms with van der Waals surface area (Å²) in [6.45, 7) is 1.22. The van der Waals surface area contributed by atoms with Crippen LogP contribution in [0.2, 0.25) is 0 Å². The zero-order valence-electron chi connectivity index (χ0n) is 13.8. The van der Waals surface area contributed by atoms with Crippen molar-refractivity contribution in [2.45, 2.75) is 29.6 Å². The number of hydrogen-bond donors (Lipinski definition) is 0. The number of oxime groups is 1. The lowest BCUT2D eigenvalue weighted by atomic mass is 10.0. The van der Waals surface area contributed by atoms with Gasteiger partial charge in [0.05, 0.1) is 0 Å². The zero-order chi connectivity index (χ0) is 18.1. The third-order valence-corrected chi connectivity index (χ3v) is 4.16. The van der Waals surface area contributed by atoms with Crippen LogP contribution in [0.25, 0.3) is 0 Å². The standard InChI is InChI=1S/C20H17NO3S/c1-3-4-10-19(21-24-15(2)22)20(23)16-11-13-18(14-12-16)25-17-8-6-5-7-9-17/h1,5-9,11-14H,4,10H2,2H3. The first-order chi connectivity index (χ1) is 12.1. The number of Topliss-reactive ketones (excluding diaryl/α,β-unsaturated/α-hetero) is 1. The van der Waals surface area contributed by atoms with E-state index in [0.717, 1.165) is 9.79 Å². The highest BCUT2D eigenvalue weighted by Gasteiger charge is 2.15. The second-order valence-corrected chi connectivity index (χ2v) is 6.24. The number of nitrogens with zero attached hydrogens (tertiary/aromatic N) is 1. The summed E-state index contributed by atoms with van der Waals surface area (Å²) < 4.78 is 0. The molecule has 0 aliphatic rings. The van der Waals surface area contributed by atoms with E-state index in [0.29, 0.717) is 12.0 Å². The Morgan fingerprint density at radius 1 is 1.08 bits per heavy atom. The van der Waals surface area contributed by atoms with Crippen molar-refractivity contribution in [3.05, 3.63) is 60.2 Å². The number of carbonyl (C=O) groups is 2. The highest BCUT2D eigenvalue weighted by molar-refractivity contribution is 7.99. The second kappa shape index (κ2) is 9.45. The molecule has 2 aromatic rings. The minimum absolute atomic E-state index is 0.136. The Hall–Kier alpha value is -2.84. The van der Waals surface area contributed by atoms with E-state index < -0.39 is 5.97 Å². The molecule has 0 amide bonds. The Morgan fingerprint density at radius 2 is 1.72 bits per heavy atom. The average molecular weight is 351 g/mol. The Balaban J connectivity index is 2.12. The second-order valence-electron chi connectivity index (χ2n) is 5.09. The maximum Gasteiger partial charge on any atom is 0.331 e. The van der Waals surface area contributed by atoms with Crippen molar-refractivity contribution in [3.8, 4) is 12.3 Å². The van der Waals surface area contributed by atoms with E-state index in [-0.39, 0.29) is 17.9 Å². The summed E-state index contributed by atoms with van der Waals surface area (Å²) in [7, 11) is 0. The predicted molar refractivity (Wildman–Crippen MR) is 98.6 cm³/mol. The van der Waals surface area contributed by atoms with Crippen LogP contribution in [-0.2, 0) is 9.63 Å². The Morgan fingerprint density at radius 3 is 2.32 bits per heavy atom. The van der Waals surface area contributed by atoms with Crippen molar-refractivity contribution in [2.24, 2.45) is 5.16 Å². The number of benzene rings is 2. The van der Waals surface area contributed by atoms with Gasteiger partial charge in [0, 0.05) is 35.1 Å². The molecule has 5 heteroatoms. The van der Waals surface area contributed by atoms with Crippen LogP contribution < -0.4 is 0 Å². The summed E-state index contributed by atoms with van der Waals surface area (Å²) in [4.78, 5) is 30.2. The lowest BCUT2D eigenvalue weighted by Crippen LogP contribution is -2.15. The fourth-order valence-electron chi connectivity index (χ4n) is 1.98. The Labute approximate surface area is 151 Å². The van der Waals surface area contributed by atoms with E-state index in [2.05, 4.69) is 15.9 Å². The van der Waals surface area contributed by atoms with Crippen molar-refractivity contribution in [2.75, 3.05) is 0 Å². The molecule has 0 atom stereocenters. The lowest BCUT2D eigenvalue weighted by Gasteiger charge is -2.05. The molecule has 0 unspecified atom stereocenters. The molecule has 25 heavy (non-hydrogen) atoms. The molecule has 2 rings (SSSR count). The van der Waals surface area contributed by atoms with Gasteiger partial charge in [-0.05, 0) is 36.4 Å². The van der Waals surface area contributed by atoms with Gasteiger partial charge in [0.15, 0.2) is 0 Å². The van der Waals surface area contributed by atoms with Crippen LogP contribution in [0, 0.1) is 12.3 Å². The Kier molecular flexibility index (Phi) is 7.00. The molecular weight excluding hydrogens is 334 g/mol. The largest absolute Gasteiger partial charge is 0.331 e. The first kappa shape index (κ1) is 18.5. The summed E-state index contributed by atoms with van der Waals surface area (Å²) in [5.41, 5.74) is 0.608. The van der Waals surface area contributed by atoms with Crippen LogP contribution >= 0.6 is 11.8 Å². The van der Waals surface area contributed by atoms with Crippen molar-refractivity contribution in [1.82, 2.24) is 0 Å². The van der Waals surface area contributed by atoms with Gasteiger partial charge in [0.1, 0.15) is 5.71 Å². The molecule has 0 N–H and O–H groups in total. The number of rotatable bonds is 7. The van der Waals surface area contributed by atoms with E-state index in [1.165, 1.54) is 6.92 Å². The SMILES string of the molecule is C#CCCC(=NOC(C)=O)C(=O)c1ccc(Sc2ccccc2)cc1. The smallest absolute Gasteiger partial charge is 0.318 e. The van der Waals surface area contributed by atoms with Crippen LogP contribution in [0.3, 0.4) is 0 Å². The van der Waals surface area contributed by atoms with E-state index >= 15 is 0 Å². The van der Waals surface area contributed by atoms with Crippen molar-refractivity contribution in [3.63, 3.8) is 0 Å².